The Morgan fingerprint density at radius 3 is 2.64 bits per heavy atom. The molecule has 1 aliphatic carbocycles. The molecule has 7 rings (SSSR count). The molecule has 1 saturated heterocycles. The SMILES string of the molecule is Cc1cccc2c1nc(-c1ccc(-c3ccc4occc4c3)cc1)n2C[C@]1(C(=O)C2CC2)CCNC1. The first-order valence-corrected chi connectivity index (χ1v) is 12.9. The summed E-state index contributed by atoms with van der Waals surface area (Å²) in [5, 5.41) is 4.58. The van der Waals surface area contributed by atoms with Gasteiger partial charge in [0.05, 0.1) is 22.7 Å². The van der Waals surface area contributed by atoms with E-state index in [0.717, 1.165) is 82.4 Å². The van der Waals surface area contributed by atoms with Crippen LogP contribution < -0.4 is 5.32 Å². The Hall–Kier alpha value is -3.70. The van der Waals surface area contributed by atoms with Gasteiger partial charge in [-0.3, -0.25) is 4.79 Å². The van der Waals surface area contributed by atoms with Gasteiger partial charge in [0, 0.05) is 30.0 Å². The molecule has 0 spiro atoms. The zero-order valence-electron chi connectivity index (χ0n) is 20.5. The third kappa shape index (κ3) is 3.49. The Morgan fingerprint density at radius 2 is 1.86 bits per heavy atom. The average molecular weight is 476 g/mol. The molecule has 0 unspecified atom stereocenters. The van der Waals surface area contributed by atoms with Crippen LogP contribution in [0.1, 0.15) is 24.8 Å². The molecular weight excluding hydrogens is 446 g/mol. The number of nitrogens with zero attached hydrogens (tertiary/aromatic N) is 2. The lowest BCUT2D eigenvalue weighted by Gasteiger charge is -2.28. The normalized spacial score (nSPS) is 19.9. The summed E-state index contributed by atoms with van der Waals surface area (Å²) >= 11 is 0. The van der Waals surface area contributed by atoms with E-state index in [1.54, 1.807) is 6.26 Å². The largest absolute Gasteiger partial charge is 0.464 e. The predicted octanol–water partition coefficient (Wildman–Crippen LogP) is 6.38. The van der Waals surface area contributed by atoms with Gasteiger partial charge in [-0.25, -0.2) is 4.98 Å². The number of fused-ring (bicyclic) bond motifs is 2. The maximum absolute atomic E-state index is 13.5. The molecule has 0 radical (unpaired) electrons. The van der Waals surface area contributed by atoms with Crippen molar-refractivity contribution in [3.05, 3.63) is 78.6 Å². The Bertz CT molecular complexity index is 1600. The zero-order valence-corrected chi connectivity index (χ0v) is 20.5. The highest BCUT2D eigenvalue weighted by atomic mass is 16.3. The van der Waals surface area contributed by atoms with Crippen molar-refractivity contribution >= 4 is 27.8 Å². The van der Waals surface area contributed by atoms with Crippen LogP contribution in [0.4, 0.5) is 0 Å². The van der Waals surface area contributed by atoms with Crippen LogP contribution in [0.15, 0.2) is 77.4 Å². The van der Waals surface area contributed by atoms with Crippen LogP contribution in [0.25, 0.3) is 44.5 Å². The lowest BCUT2D eigenvalue weighted by molar-refractivity contribution is -0.129. The quantitative estimate of drug-likeness (QED) is 0.309. The molecule has 36 heavy (non-hydrogen) atoms. The molecule has 0 bridgehead atoms. The molecular formula is C31H29N3O2. The smallest absolute Gasteiger partial charge is 0.145 e. The van der Waals surface area contributed by atoms with Crippen molar-refractivity contribution in [2.75, 3.05) is 13.1 Å². The summed E-state index contributed by atoms with van der Waals surface area (Å²) in [6.07, 6.45) is 4.71. The van der Waals surface area contributed by atoms with Crippen LogP contribution in [-0.2, 0) is 11.3 Å². The lowest BCUT2D eigenvalue weighted by Crippen LogP contribution is -2.39. The van der Waals surface area contributed by atoms with E-state index < -0.39 is 0 Å². The van der Waals surface area contributed by atoms with Crippen LogP contribution in [0, 0.1) is 18.3 Å². The molecule has 5 heteroatoms. The van der Waals surface area contributed by atoms with Gasteiger partial charge >= 0.3 is 0 Å². The molecule has 2 aromatic heterocycles. The number of rotatable bonds is 6. The fraction of sp³-hybridized carbons (Fsp3) is 0.290. The number of Topliss-reactive ketones (excluding diaryl/α,β-unsaturated/α-hetero) is 1. The van der Waals surface area contributed by atoms with Crippen molar-refractivity contribution in [2.45, 2.75) is 32.7 Å². The number of para-hydroxylation sites is 1. The van der Waals surface area contributed by atoms with Gasteiger partial charge in [-0.2, -0.15) is 0 Å². The van der Waals surface area contributed by atoms with Gasteiger partial charge in [0.1, 0.15) is 17.2 Å². The summed E-state index contributed by atoms with van der Waals surface area (Å²) in [6, 6.07) is 23.3. The van der Waals surface area contributed by atoms with Gasteiger partial charge in [0.15, 0.2) is 0 Å². The molecule has 1 N–H and O–H groups in total. The summed E-state index contributed by atoms with van der Waals surface area (Å²) in [4.78, 5) is 18.6. The van der Waals surface area contributed by atoms with E-state index >= 15 is 0 Å². The monoisotopic (exact) mass is 475 g/mol. The van der Waals surface area contributed by atoms with Crippen LogP contribution in [-0.4, -0.2) is 28.4 Å². The number of furan rings is 1. The number of benzene rings is 3. The summed E-state index contributed by atoms with van der Waals surface area (Å²) in [5.74, 6) is 1.63. The van der Waals surface area contributed by atoms with E-state index in [-0.39, 0.29) is 11.3 Å². The van der Waals surface area contributed by atoms with E-state index in [2.05, 4.69) is 71.4 Å². The van der Waals surface area contributed by atoms with Gasteiger partial charge < -0.3 is 14.3 Å². The first-order chi connectivity index (χ1) is 17.6. The van der Waals surface area contributed by atoms with E-state index in [1.165, 1.54) is 0 Å². The standard InChI is InChI=1S/C31H29N3O2/c1-20-3-2-4-26-28(20)33-30(34(26)19-31(14-15-32-18-31)29(35)22-7-8-22)23-9-5-21(6-10-23)24-11-12-27-25(17-24)13-16-36-27/h2-6,9-13,16-17,22,32H,7-8,14-15,18-19H2,1H3/t31-/m0/s1. The third-order valence-electron chi connectivity index (χ3n) is 8.08. The van der Waals surface area contributed by atoms with Crippen molar-refractivity contribution in [3.8, 4) is 22.5 Å². The van der Waals surface area contributed by atoms with E-state index in [0.29, 0.717) is 12.3 Å². The zero-order chi connectivity index (χ0) is 24.3. The van der Waals surface area contributed by atoms with Gasteiger partial charge in [0.2, 0.25) is 0 Å². The molecule has 2 fully saturated rings. The average Bonchev–Trinajstić information content (AvgIpc) is 3.29. The Morgan fingerprint density at radius 1 is 1.06 bits per heavy atom. The second-order valence-electron chi connectivity index (χ2n) is 10.6. The van der Waals surface area contributed by atoms with Gasteiger partial charge in [-0.05, 0) is 73.7 Å². The minimum Gasteiger partial charge on any atom is -0.464 e. The van der Waals surface area contributed by atoms with Crippen molar-refractivity contribution in [2.24, 2.45) is 11.3 Å². The maximum atomic E-state index is 13.5. The summed E-state index contributed by atoms with van der Waals surface area (Å²) < 4.78 is 7.80. The van der Waals surface area contributed by atoms with Crippen LogP contribution >= 0.6 is 0 Å². The number of carbonyl (C=O) groups excluding carboxylic acids is 1. The first kappa shape index (κ1) is 21.6. The number of nitrogens with one attached hydrogen (secondary N) is 1. The Kier molecular flexibility index (Phi) is 4.90. The third-order valence-corrected chi connectivity index (χ3v) is 8.08. The summed E-state index contributed by atoms with van der Waals surface area (Å²) in [6.45, 7) is 4.43. The highest BCUT2D eigenvalue weighted by Crippen LogP contribution is 2.42. The lowest BCUT2D eigenvalue weighted by atomic mass is 9.80. The van der Waals surface area contributed by atoms with Crippen LogP contribution in [0.5, 0.6) is 0 Å². The van der Waals surface area contributed by atoms with Crippen molar-refractivity contribution < 1.29 is 9.21 Å². The van der Waals surface area contributed by atoms with E-state index in [4.69, 9.17) is 9.40 Å². The number of aromatic nitrogens is 2. The molecule has 5 aromatic rings. The topological polar surface area (TPSA) is 60.1 Å². The van der Waals surface area contributed by atoms with Gasteiger partial charge in [0.25, 0.3) is 0 Å². The Balaban J connectivity index is 1.31. The fourth-order valence-corrected chi connectivity index (χ4v) is 5.87. The van der Waals surface area contributed by atoms with Crippen molar-refractivity contribution in [3.63, 3.8) is 0 Å². The molecule has 180 valence electrons. The minimum atomic E-state index is -0.354. The summed E-state index contributed by atoms with van der Waals surface area (Å²) in [5.41, 5.74) is 7.20. The molecule has 3 aromatic carbocycles. The second-order valence-corrected chi connectivity index (χ2v) is 10.6. The molecule has 1 saturated carbocycles. The number of aryl methyl sites for hydroxylation is 1. The highest BCUT2D eigenvalue weighted by molar-refractivity contribution is 5.90. The molecule has 3 heterocycles. The number of ketones is 1. The maximum Gasteiger partial charge on any atom is 0.145 e. The van der Waals surface area contributed by atoms with Crippen molar-refractivity contribution in [1.29, 1.82) is 0 Å². The fourth-order valence-electron chi connectivity index (χ4n) is 5.87. The molecule has 1 atom stereocenters. The van der Waals surface area contributed by atoms with Crippen LogP contribution in [0.2, 0.25) is 0 Å². The number of carbonyl (C=O) groups is 1. The second kappa shape index (κ2) is 8.17. The molecule has 1 aliphatic heterocycles. The Labute approximate surface area is 210 Å². The van der Waals surface area contributed by atoms with E-state index in [1.807, 2.05) is 12.1 Å². The summed E-state index contributed by atoms with van der Waals surface area (Å²) in [7, 11) is 0. The van der Waals surface area contributed by atoms with Crippen molar-refractivity contribution in [1.82, 2.24) is 14.9 Å². The van der Waals surface area contributed by atoms with Gasteiger partial charge in [-0.15, -0.1) is 0 Å². The van der Waals surface area contributed by atoms with Crippen LogP contribution in [0.3, 0.4) is 0 Å². The highest BCUT2D eigenvalue weighted by Gasteiger charge is 2.48. The minimum absolute atomic E-state index is 0.247. The van der Waals surface area contributed by atoms with Gasteiger partial charge in [-0.1, -0.05) is 42.5 Å². The molecule has 0 amide bonds. The predicted molar refractivity (Wildman–Crippen MR) is 143 cm³/mol. The number of imidazole rings is 1. The number of hydrogen-bond donors (Lipinski definition) is 1. The molecule has 5 nitrogen and oxygen atoms in total. The molecule has 2 aliphatic rings. The number of hydrogen-bond acceptors (Lipinski definition) is 4. The first-order valence-electron chi connectivity index (χ1n) is 12.9. The van der Waals surface area contributed by atoms with E-state index in [9.17, 15) is 4.79 Å².